The van der Waals surface area contributed by atoms with E-state index in [2.05, 4.69) is 30.7 Å². The molecule has 0 aliphatic rings. The molecule has 2 aromatic rings. The van der Waals surface area contributed by atoms with Gasteiger partial charge in [-0.2, -0.15) is 4.98 Å². The van der Waals surface area contributed by atoms with Crippen molar-refractivity contribution >= 4 is 29.5 Å². The van der Waals surface area contributed by atoms with E-state index < -0.39 is 6.03 Å². The maximum atomic E-state index is 12.1. The second-order valence-corrected chi connectivity index (χ2v) is 5.42. The maximum Gasteiger partial charge on any atom is 0.326 e. The quantitative estimate of drug-likeness (QED) is 0.697. The summed E-state index contributed by atoms with van der Waals surface area (Å²) in [5.41, 5.74) is 2.41. The number of nitrogens with one attached hydrogen (secondary N) is 3. The summed E-state index contributed by atoms with van der Waals surface area (Å²) < 4.78 is 4.58. The number of nitrogens with zero attached hydrogens (tertiary/aromatic N) is 2. The first-order valence-electron chi connectivity index (χ1n) is 7.77. The lowest BCUT2D eigenvalue weighted by molar-refractivity contribution is -0.140. The molecule has 0 saturated carbocycles. The lowest BCUT2D eigenvalue weighted by atomic mass is 10.2. The summed E-state index contributed by atoms with van der Waals surface area (Å²) in [6.45, 7) is 4.11. The number of ether oxygens (including phenoxy) is 1. The molecule has 1 aromatic heterocycles. The number of carbonyl (C=O) groups excluding carboxylic acids is 2. The number of esters is 1. The smallest absolute Gasteiger partial charge is 0.326 e. The van der Waals surface area contributed by atoms with E-state index in [1.54, 1.807) is 19.1 Å². The average Bonchev–Trinajstić information content (AvgIpc) is 2.54. The highest BCUT2D eigenvalue weighted by atomic mass is 16.5. The van der Waals surface area contributed by atoms with Crippen LogP contribution >= 0.6 is 0 Å². The van der Waals surface area contributed by atoms with Crippen LogP contribution in [-0.4, -0.2) is 35.6 Å². The molecule has 0 unspecified atom stereocenters. The number of hydrogen-bond acceptors (Lipinski definition) is 6. The molecule has 0 fully saturated rings. The van der Waals surface area contributed by atoms with E-state index in [4.69, 9.17) is 0 Å². The summed E-state index contributed by atoms with van der Waals surface area (Å²) in [7, 11) is 1.34. The van der Waals surface area contributed by atoms with Gasteiger partial charge in [0.2, 0.25) is 5.95 Å². The van der Waals surface area contributed by atoms with Crippen LogP contribution in [0.4, 0.5) is 22.2 Å². The number of aromatic nitrogens is 2. The fraction of sp³-hybridized carbons (Fsp3) is 0.294. The standard InChI is InChI=1S/C17H21N5O3/c1-11-5-4-6-13(9-11)20-17(24)22-16-19-12(2)10-14(21-16)18-8-7-15(23)25-3/h4-6,9-10H,7-8H2,1-3H3,(H3,18,19,20,21,22,24). The van der Waals surface area contributed by atoms with Gasteiger partial charge in [-0.15, -0.1) is 0 Å². The van der Waals surface area contributed by atoms with Crippen molar-refractivity contribution in [3.63, 3.8) is 0 Å². The Labute approximate surface area is 146 Å². The minimum atomic E-state index is -0.434. The molecular formula is C17H21N5O3. The molecule has 0 aliphatic carbocycles. The Morgan fingerprint density at radius 3 is 2.64 bits per heavy atom. The highest BCUT2D eigenvalue weighted by molar-refractivity contribution is 5.98. The Hall–Kier alpha value is -3.16. The summed E-state index contributed by atoms with van der Waals surface area (Å²) in [5.74, 6) is 0.377. The van der Waals surface area contributed by atoms with Crippen LogP contribution in [0.2, 0.25) is 0 Å². The van der Waals surface area contributed by atoms with Gasteiger partial charge in [0.25, 0.3) is 0 Å². The molecule has 0 spiro atoms. The number of methoxy groups -OCH3 is 1. The number of hydrogen-bond donors (Lipinski definition) is 3. The summed E-state index contributed by atoms with van der Waals surface area (Å²) in [4.78, 5) is 31.6. The Balaban J connectivity index is 1.96. The molecule has 0 bridgehead atoms. The van der Waals surface area contributed by atoms with Crippen LogP contribution in [0.25, 0.3) is 0 Å². The van der Waals surface area contributed by atoms with E-state index in [0.29, 0.717) is 23.7 Å². The lowest BCUT2D eigenvalue weighted by Gasteiger charge is -2.10. The molecule has 1 heterocycles. The molecule has 0 aliphatic heterocycles. The molecular weight excluding hydrogens is 322 g/mol. The minimum absolute atomic E-state index is 0.172. The topological polar surface area (TPSA) is 105 Å². The fourth-order valence-corrected chi connectivity index (χ4v) is 2.10. The number of anilines is 3. The zero-order valence-corrected chi connectivity index (χ0v) is 14.4. The van der Waals surface area contributed by atoms with Crippen molar-refractivity contribution in [1.29, 1.82) is 0 Å². The summed E-state index contributed by atoms with van der Waals surface area (Å²) in [5, 5.41) is 8.32. The Morgan fingerprint density at radius 1 is 1.12 bits per heavy atom. The van der Waals surface area contributed by atoms with Gasteiger partial charge < -0.3 is 15.4 Å². The largest absolute Gasteiger partial charge is 0.469 e. The zero-order valence-electron chi connectivity index (χ0n) is 14.4. The second-order valence-electron chi connectivity index (χ2n) is 5.42. The van der Waals surface area contributed by atoms with E-state index >= 15 is 0 Å². The molecule has 2 rings (SSSR count). The highest BCUT2D eigenvalue weighted by Gasteiger charge is 2.08. The van der Waals surface area contributed by atoms with Crippen molar-refractivity contribution in [3.8, 4) is 0 Å². The van der Waals surface area contributed by atoms with Crippen LogP contribution < -0.4 is 16.0 Å². The Bertz CT molecular complexity index is 764. The molecule has 132 valence electrons. The number of urea groups is 1. The van der Waals surface area contributed by atoms with E-state index in [-0.39, 0.29) is 18.3 Å². The Kier molecular flexibility index (Phi) is 6.27. The highest BCUT2D eigenvalue weighted by Crippen LogP contribution is 2.12. The van der Waals surface area contributed by atoms with E-state index in [1.807, 2.05) is 25.1 Å². The molecule has 8 nitrogen and oxygen atoms in total. The van der Waals surface area contributed by atoms with Gasteiger partial charge in [-0.05, 0) is 31.5 Å². The van der Waals surface area contributed by atoms with Gasteiger partial charge in [0.05, 0.1) is 13.5 Å². The van der Waals surface area contributed by atoms with Gasteiger partial charge in [0, 0.05) is 24.0 Å². The van der Waals surface area contributed by atoms with Crippen molar-refractivity contribution < 1.29 is 14.3 Å². The van der Waals surface area contributed by atoms with Gasteiger partial charge in [-0.1, -0.05) is 12.1 Å². The van der Waals surface area contributed by atoms with Gasteiger partial charge in [-0.25, -0.2) is 9.78 Å². The Morgan fingerprint density at radius 2 is 1.92 bits per heavy atom. The predicted molar refractivity (Wildman–Crippen MR) is 95.7 cm³/mol. The van der Waals surface area contributed by atoms with Crippen LogP contribution in [0.5, 0.6) is 0 Å². The second kappa shape index (κ2) is 8.62. The van der Waals surface area contributed by atoms with Gasteiger partial charge in [0.1, 0.15) is 5.82 Å². The monoisotopic (exact) mass is 343 g/mol. The molecule has 25 heavy (non-hydrogen) atoms. The molecule has 0 radical (unpaired) electrons. The molecule has 8 heteroatoms. The number of carbonyl (C=O) groups is 2. The molecule has 3 N–H and O–H groups in total. The maximum absolute atomic E-state index is 12.1. The first-order valence-corrected chi connectivity index (χ1v) is 7.77. The van der Waals surface area contributed by atoms with Crippen molar-refractivity contribution in [2.24, 2.45) is 0 Å². The molecule has 2 amide bonds. The van der Waals surface area contributed by atoms with Crippen molar-refractivity contribution in [2.45, 2.75) is 20.3 Å². The first kappa shape index (κ1) is 18.2. The van der Waals surface area contributed by atoms with E-state index in [9.17, 15) is 9.59 Å². The zero-order chi connectivity index (χ0) is 18.2. The third-order valence-corrected chi connectivity index (χ3v) is 3.22. The molecule has 0 atom stereocenters. The normalized spacial score (nSPS) is 10.0. The van der Waals surface area contributed by atoms with Crippen LogP contribution in [0.1, 0.15) is 17.7 Å². The van der Waals surface area contributed by atoms with Crippen molar-refractivity contribution in [3.05, 3.63) is 41.6 Å². The summed E-state index contributed by atoms with van der Waals surface area (Å²) in [6, 6.07) is 8.74. The molecule has 1 aromatic carbocycles. The van der Waals surface area contributed by atoms with E-state index in [1.165, 1.54) is 7.11 Å². The average molecular weight is 343 g/mol. The fourth-order valence-electron chi connectivity index (χ4n) is 2.10. The number of aryl methyl sites for hydroxylation is 2. The van der Waals surface area contributed by atoms with Gasteiger partial charge in [-0.3, -0.25) is 10.1 Å². The van der Waals surface area contributed by atoms with Crippen molar-refractivity contribution in [2.75, 3.05) is 29.6 Å². The van der Waals surface area contributed by atoms with Crippen LogP contribution in [0, 0.1) is 13.8 Å². The van der Waals surface area contributed by atoms with Crippen molar-refractivity contribution in [1.82, 2.24) is 9.97 Å². The van der Waals surface area contributed by atoms with Gasteiger partial charge >= 0.3 is 12.0 Å². The summed E-state index contributed by atoms with van der Waals surface area (Å²) >= 11 is 0. The first-order chi connectivity index (χ1) is 12.0. The van der Waals surface area contributed by atoms with Crippen LogP contribution in [-0.2, 0) is 9.53 Å². The van der Waals surface area contributed by atoms with E-state index in [0.717, 1.165) is 5.56 Å². The predicted octanol–water partition coefficient (Wildman–Crippen LogP) is 2.71. The molecule has 0 saturated heterocycles. The lowest BCUT2D eigenvalue weighted by Crippen LogP contribution is -2.21. The van der Waals surface area contributed by atoms with Crippen LogP contribution in [0.15, 0.2) is 30.3 Å². The summed E-state index contributed by atoms with van der Waals surface area (Å²) in [6.07, 6.45) is 0.218. The number of rotatable bonds is 6. The SMILES string of the molecule is COC(=O)CCNc1cc(C)nc(NC(=O)Nc2cccc(C)c2)n1. The third-order valence-electron chi connectivity index (χ3n) is 3.22. The number of benzene rings is 1. The van der Waals surface area contributed by atoms with Gasteiger partial charge in [0.15, 0.2) is 0 Å². The number of amides is 2. The van der Waals surface area contributed by atoms with Crippen LogP contribution in [0.3, 0.4) is 0 Å². The third kappa shape index (κ3) is 6.09. The minimum Gasteiger partial charge on any atom is -0.469 e.